The number of rotatable bonds is 7. The normalized spacial score (nSPS) is 14.7. The van der Waals surface area contributed by atoms with Crippen molar-refractivity contribution in [1.29, 1.82) is 0 Å². The van der Waals surface area contributed by atoms with Crippen LogP contribution in [-0.2, 0) is 4.79 Å². The number of piperidine rings is 1. The number of carbonyl (C=O) groups is 1. The lowest BCUT2D eigenvalue weighted by atomic mass is 10.1. The third-order valence-corrected chi connectivity index (χ3v) is 6.44. The minimum Gasteiger partial charge on any atom is -0.342 e. The number of alkyl halides is 2. The summed E-state index contributed by atoms with van der Waals surface area (Å²) in [5, 5.41) is 11.8. The predicted molar refractivity (Wildman–Crippen MR) is 103 cm³/mol. The molecule has 1 saturated heterocycles. The van der Waals surface area contributed by atoms with Crippen LogP contribution in [0, 0.1) is 0 Å². The first kappa shape index (κ1) is 19.4. The second-order valence-electron chi connectivity index (χ2n) is 5.63. The molecule has 2 aromatic rings. The van der Waals surface area contributed by atoms with Gasteiger partial charge in [0.1, 0.15) is 0 Å². The fraction of sp³-hybridized carbons (Fsp3) is 0.438. The van der Waals surface area contributed by atoms with Gasteiger partial charge in [-0.05, 0) is 43.5 Å². The van der Waals surface area contributed by atoms with Crippen LogP contribution in [0.4, 0.5) is 19.6 Å². The second-order valence-corrected chi connectivity index (χ2v) is 8.89. The molecule has 5 nitrogen and oxygen atoms in total. The quantitative estimate of drug-likeness (QED) is 0.660. The highest BCUT2D eigenvalue weighted by Gasteiger charge is 2.17. The topological polar surface area (TPSA) is 58.1 Å². The zero-order chi connectivity index (χ0) is 18.4. The van der Waals surface area contributed by atoms with E-state index in [1.165, 1.54) is 29.5 Å². The molecule has 3 rings (SSSR count). The highest BCUT2D eigenvalue weighted by Crippen LogP contribution is 2.30. The first-order valence-electron chi connectivity index (χ1n) is 8.16. The number of likely N-dealkylation sites (tertiary alicyclic amines) is 1. The van der Waals surface area contributed by atoms with Gasteiger partial charge in [0.05, 0.1) is 5.75 Å². The Bertz CT molecular complexity index is 721. The summed E-state index contributed by atoms with van der Waals surface area (Å²) in [4.78, 5) is 14.6. The smallest absolute Gasteiger partial charge is 0.288 e. The van der Waals surface area contributed by atoms with Crippen LogP contribution >= 0.6 is 34.9 Å². The Kier molecular flexibility index (Phi) is 7.09. The van der Waals surface area contributed by atoms with Crippen molar-refractivity contribution in [2.45, 2.75) is 34.3 Å². The molecular formula is C16H18F2N4OS3. The molecule has 1 amide bonds. The fourth-order valence-corrected chi connectivity index (χ4v) is 4.69. The Morgan fingerprint density at radius 1 is 1.19 bits per heavy atom. The van der Waals surface area contributed by atoms with E-state index in [-0.39, 0.29) is 5.91 Å². The predicted octanol–water partition coefficient (Wildman–Crippen LogP) is 4.70. The highest BCUT2D eigenvalue weighted by molar-refractivity contribution is 8.01. The number of amides is 1. The van der Waals surface area contributed by atoms with E-state index in [2.05, 4.69) is 15.5 Å². The summed E-state index contributed by atoms with van der Waals surface area (Å²) in [7, 11) is 0. The van der Waals surface area contributed by atoms with Crippen LogP contribution in [0.1, 0.15) is 19.3 Å². The molecule has 0 spiro atoms. The van der Waals surface area contributed by atoms with Crippen molar-refractivity contribution in [3.63, 3.8) is 0 Å². The van der Waals surface area contributed by atoms with E-state index in [9.17, 15) is 13.6 Å². The summed E-state index contributed by atoms with van der Waals surface area (Å²) < 4.78 is 25.4. The van der Waals surface area contributed by atoms with Gasteiger partial charge in [0.2, 0.25) is 11.0 Å². The first-order valence-corrected chi connectivity index (χ1v) is 10.8. The summed E-state index contributed by atoms with van der Waals surface area (Å²) in [6, 6.07) is 6.71. The van der Waals surface area contributed by atoms with Gasteiger partial charge in [0.15, 0.2) is 4.34 Å². The minimum atomic E-state index is -2.43. The zero-order valence-electron chi connectivity index (χ0n) is 13.9. The number of nitrogens with zero attached hydrogens (tertiary/aromatic N) is 3. The second kappa shape index (κ2) is 9.52. The van der Waals surface area contributed by atoms with Crippen molar-refractivity contribution in [2.24, 2.45) is 0 Å². The third kappa shape index (κ3) is 5.82. The van der Waals surface area contributed by atoms with Crippen molar-refractivity contribution in [3.05, 3.63) is 24.3 Å². The average molecular weight is 417 g/mol. The molecule has 2 heterocycles. The summed E-state index contributed by atoms with van der Waals surface area (Å²) in [6.45, 7) is 1.70. The molecule has 0 aliphatic carbocycles. The van der Waals surface area contributed by atoms with E-state index in [4.69, 9.17) is 0 Å². The van der Waals surface area contributed by atoms with Gasteiger partial charge in [-0.15, -0.1) is 10.2 Å². The van der Waals surface area contributed by atoms with E-state index < -0.39 is 5.76 Å². The van der Waals surface area contributed by atoms with Gasteiger partial charge in [-0.3, -0.25) is 4.79 Å². The molecule has 0 bridgehead atoms. The summed E-state index contributed by atoms with van der Waals surface area (Å²) in [5.74, 6) is -1.91. The van der Waals surface area contributed by atoms with Gasteiger partial charge in [0.25, 0.3) is 5.76 Å². The lowest BCUT2D eigenvalue weighted by Crippen LogP contribution is -2.36. The number of hydrogen-bond donors (Lipinski definition) is 1. The van der Waals surface area contributed by atoms with Gasteiger partial charge < -0.3 is 10.2 Å². The van der Waals surface area contributed by atoms with Gasteiger partial charge >= 0.3 is 0 Å². The maximum Gasteiger partial charge on any atom is 0.288 e. The molecule has 10 heteroatoms. The Hall–Kier alpha value is -1.39. The van der Waals surface area contributed by atoms with E-state index in [1.54, 1.807) is 24.3 Å². The third-order valence-electron chi connectivity index (χ3n) is 3.77. The SMILES string of the molecule is O=C(CSc1nnc(Nc2ccc(SC(F)F)cc2)s1)N1CCCCC1. The van der Waals surface area contributed by atoms with Crippen LogP contribution in [0.5, 0.6) is 0 Å². The Morgan fingerprint density at radius 2 is 1.92 bits per heavy atom. The lowest BCUT2D eigenvalue weighted by Gasteiger charge is -2.26. The van der Waals surface area contributed by atoms with Crippen LogP contribution in [0.25, 0.3) is 0 Å². The number of thioether (sulfide) groups is 2. The molecule has 0 atom stereocenters. The van der Waals surface area contributed by atoms with Gasteiger partial charge in [-0.2, -0.15) is 8.78 Å². The van der Waals surface area contributed by atoms with Crippen LogP contribution in [0.15, 0.2) is 33.5 Å². The molecule has 140 valence electrons. The lowest BCUT2D eigenvalue weighted by molar-refractivity contribution is -0.129. The molecule has 1 aromatic carbocycles. The Morgan fingerprint density at radius 3 is 2.62 bits per heavy atom. The van der Waals surface area contributed by atoms with E-state index >= 15 is 0 Å². The molecule has 0 unspecified atom stereocenters. The molecule has 26 heavy (non-hydrogen) atoms. The van der Waals surface area contributed by atoms with Gasteiger partial charge in [0, 0.05) is 23.7 Å². The number of halogens is 2. The van der Waals surface area contributed by atoms with Crippen LogP contribution in [0.3, 0.4) is 0 Å². The summed E-state index contributed by atoms with van der Waals surface area (Å²) >= 11 is 3.27. The summed E-state index contributed by atoms with van der Waals surface area (Å²) in [5.41, 5.74) is 0.751. The number of nitrogens with one attached hydrogen (secondary N) is 1. The van der Waals surface area contributed by atoms with Crippen LogP contribution < -0.4 is 5.32 Å². The van der Waals surface area contributed by atoms with Crippen LogP contribution in [-0.4, -0.2) is 45.6 Å². The van der Waals surface area contributed by atoms with Gasteiger partial charge in [-0.1, -0.05) is 34.9 Å². The van der Waals surface area contributed by atoms with Gasteiger partial charge in [-0.25, -0.2) is 0 Å². The van der Waals surface area contributed by atoms with Crippen molar-refractivity contribution in [3.8, 4) is 0 Å². The molecule has 0 radical (unpaired) electrons. The maximum absolute atomic E-state index is 12.3. The fourth-order valence-electron chi connectivity index (χ4n) is 2.52. The number of hydrogen-bond acceptors (Lipinski definition) is 7. The monoisotopic (exact) mass is 416 g/mol. The zero-order valence-corrected chi connectivity index (χ0v) is 16.3. The number of carbonyl (C=O) groups excluding carboxylic acids is 1. The standard InChI is InChI=1S/C16H18F2N4OS3/c17-14(18)25-12-6-4-11(5-7-12)19-15-20-21-16(26-15)24-10-13(23)22-8-2-1-3-9-22/h4-7,14H,1-3,8-10H2,(H,19,20). The Labute approximate surface area is 162 Å². The molecule has 1 aromatic heterocycles. The Balaban J connectivity index is 1.49. The summed E-state index contributed by atoms with van der Waals surface area (Å²) in [6.07, 6.45) is 3.36. The number of anilines is 2. The minimum absolute atomic E-state index is 0.145. The van der Waals surface area contributed by atoms with E-state index in [0.717, 1.165) is 36.0 Å². The molecule has 1 aliphatic rings. The molecule has 1 aliphatic heterocycles. The maximum atomic E-state index is 12.3. The highest BCUT2D eigenvalue weighted by atomic mass is 32.2. The molecular weight excluding hydrogens is 398 g/mol. The first-order chi connectivity index (χ1) is 12.6. The number of aromatic nitrogens is 2. The van der Waals surface area contributed by atoms with Crippen molar-refractivity contribution in [2.75, 3.05) is 24.2 Å². The molecule has 1 fully saturated rings. The average Bonchev–Trinajstić information content (AvgIpc) is 3.09. The van der Waals surface area contributed by atoms with E-state index in [0.29, 0.717) is 27.5 Å². The molecule has 0 saturated carbocycles. The van der Waals surface area contributed by atoms with Crippen molar-refractivity contribution in [1.82, 2.24) is 15.1 Å². The molecule has 1 N–H and O–H groups in total. The number of benzene rings is 1. The van der Waals surface area contributed by atoms with Crippen molar-refractivity contribution >= 4 is 51.6 Å². The van der Waals surface area contributed by atoms with Crippen molar-refractivity contribution < 1.29 is 13.6 Å². The van der Waals surface area contributed by atoms with Crippen LogP contribution in [0.2, 0.25) is 0 Å². The largest absolute Gasteiger partial charge is 0.342 e. The van der Waals surface area contributed by atoms with E-state index in [1.807, 2.05) is 4.90 Å².